The second-order valence-corrected chi connectivity index (χ2v) is 10.8. The Labute approximate surface area is 120 Å². The number of benzene rings is 1. The van der Waals surface area contributed by atoms with Gasteiger partial charge in [-0.05, 0) is 35.5 Å². The predicted molar refractivity (Wildman–Crippen MR) is 84.0 cm³/mol. The summed E-state index contributed by atoms with van der Waals surface area (Å²) in [6.07, 6.45) is 1.92. The van der Waals surface area contributed by atoms with E-state index in [0.29, 0.717) is 11.6 Å². The highest BCUT2D eigenvalue weighted by Crippen LogP contribution is 2.57. The van der Waals surface area contributed by atoms with Gasteiger partial charge in [-0.3, -0.25) is 4.79 Å². The van der Waals surface area contributed by atoms with Crippen molar-refractivity contribution in [1.82, 2.24) is 0 Å². The number of rotatable bonds is 2. The van der Waals surface area contributed by atoms with E-state index >= 15 is 0 Å². The molecule has 0 aliphatic carbocycles. The summed E-state index contributed by atoms with van der Waals surface area (Å²) in [5.74, 6) is 0.171. The van der Waals surface area contributed by atoms with Gasteiger partial charge in [0.05, 0.1) is 0 Å². The molecule has 1 aliphatic rings. The molecule has 0 saturated carbocycles. The molecule has 0 radical (unpaired) electrons. The molecule has 1 aromatic rings. The standard InChI is InChI=1S/C15H21O2PS/c1-11-10-18(19,14-7-5-4-6-8-14)12(2)9-15(11)17-13(3)16/h4-8,11-12,15H,9-10H2,1-3H3/t11-,12+,15+,18-/m0/s1. The van der Waals surface area contributed by atoms with Gasteiger partial charge in [0.2, 0.25) is 0 Å². The number of carbonyl (C=O) groups is 1. The van der Waals surface area contributed by atoms with Crippen molar-refractivity contribution in [2.75, 3.05) is 6.16 Å². The van der Waals surface area contributed by atoms with Crippen molar-refractivity contribution in [3.63, 3.8) is 0 Å². The minimum absolute atomic E-state index is 0.0345. The fourth-order valence-electron chi connectivity index (χ4n) is 2.88. The average molecular weight is 296 g/mol. The van der Waals surface area contributed by atoms with E-state index in [1.807, 2.05) is 6.07 Å². The molecule has 19 heavy (non-hydrogen) atoms. The fourth-order valence-corrected chi connectivity index (χ4v) is 7.61. The van der Waals surface area contributed by atoms with E-state index in [4.69, 9.17) is 16.5 Å². The van der Waals surface area contributed by atoms with Gasteiger partial charge in [-0.1, -0.05) is 56.0 Å². The molecule has 0 bridgehead atoms. The van der Waals surface area contributed by atoms with Gasteiger partial charge in [-0.2, -0.15) is 0 Å². The molecule has 1 aliphatic heterocycles. The highest BCUT2D eigenvalue weighted by Gasteiger charge is 2.39. The Hall–Kier alpha value is -0.660. The number of hydrogen-bond acceptors (Lipinski definition) is 3. The second kappa shape index (κ2) is 5.76. The van der Waals surface area contributed by atoms with E-state index < -0.39 is 6.04 Å². The second-order valence-electron chi connectivity index (χ2n) is 5.52. The van der Waals surface area contributed by atoms with Crippen molar-refractivity contribution < 1.29 is 9.53 Å². The molecule has 0 amide bonds. The molecule has 104 valence electrons. The van der Waals surface area contributed by atoms with Crippen LogP contribution >= 0.6 is 6.04 Å². The summed E-state index contributed by atoms with van der Waals surface area (Å²) in [7, 11) is 0. The van der Waals surface area contributed by atoms with Crippen molar-refractivity contribution in [3.05, 3.63) is 30.3 Å². The highest BCUT2D eigenvalue weighted by molar-refractivity contribution is 8.18. The Balaban J connectivity index is 2.23. The summed E-state index contributed by atoms with van der Waals surface area (Å²) in [5.41, 5.74) is 0.436. The van der Waals surface area contributed by atoms with Gasteiger partial charge in [-0.15, -0.1) is 0 Å². The van der Waals surface area contributed by atoms with Crippen LogP contribution in [0.25, 0.3) is 0 Å². The molecule has 1 saturated heterocycles. The molecular weight excluding hydrogens is 275 g/mol. The summed E-state index contributed by atoms with van der Waals surface area (Å²) < 4.78 is 5.44. The zero-order chi connectivity index (χ0) is 14.0. The number of ether oxygens (including phenoxy) is 1. The van der Waals surface area contributed by atoms with E-state index in [-0.39, 0.29) is 12.1 Å². The molecule has 1 aromatic carbocycles. The molecule has 0 N–H and O–H groups in total. The van der Waals surface area contributed by atoms with Gasteiger partial charge in [0.1, 0.15) is 6.10 Å². The Morgan fingerprint density at radius 2 is 1.95 bits per heavy atom. The first kappa shape index (κ1) is 14.7. The summed E-state index contributed by atoms with van der Waals surface area (Å²) in [5, 5.41) is 1.32. The minimum Gasteiger partial charge on any atom is -0.462 e. The zero-order valence-corrected chi connectivity index (χ0v) is 13.4. The van der Waals surface area contributed by atoms with Crippen LogP contribution in [0.2, 0.25) is 0 Å². The smallest absolute Gasteiger partial charge is 0.302 e. The van der Waals surface area contributed by atoms with E-state index in [1.165, 1.54) is 12.2 Å². The quantitative estimate of drug-likeness (QED) is 0.619. The molecule has 4 atom stereocenters. The van der Waals surface area contributed by atoms with Crippen molar-refractivity contribution in [2.45, 2.75) is 39.0 Å². The normalized spacial score (nSPS) is 34.8. The van der Waals surface area contributed by atoms with Gasteiger partial charge >= 0.3 is 5.97 Å². The maximum Gasteiger partial charge on any atom is 0.302 e. The lowest BCUT2D eigenvalue weighted by atomic mass is 10.0. The molecular formula is C15H21O2PS. The predicted octanol–water partition coefficient (Wildman–Crippen LogP) is 3.15. The molecule has 2 nitrogen and oxygen atoms in total. The third kappa shape index (κ3) is 3.09. The topological polar surface area (TPSA) is 26.3 Å². The van der Waals surface area contributed by atoms with Crippen LogP contribution in [0, 0.1) is 5.92 Å². The van der Waals surface area contributed by atoms with Crippen LogP contribution in [-0.4, -0.2) is 23.9 Å². The molecule has 1 fully saturated rings. The lowest BCUT2D eigenvalue weighted by molar-refractivity contribution is -0.148. The zero-order valence-electron chi connectivity index (χ0n) is 11.7. The van der Waals surface area contributed by atoms with Crippen LogP contribution in [0.15, 0.2) is 30.3 Å². The van der Waals surface area contributed by atoms with Gasteiger partial charge in [0, 0.05) is 6.92 Å². The SMILES string of the molecule is CC(=O)O[C@@H]1C[C@@H](C)[P@](=S)(c2ccccc2)C[C@@H]1C. The first-order valence-electron chi connectivity index (χ1n) is 6.75. The van der Waals surface area contributed by atoms with Gasteiger partial charge < -0.3 is 4.74 Å². The summed E-state index contributed by atoms with van der Waals surface area (Å²) in [4.78, 5) is 11.2. The summed E-state index contributed by atoms with van der Waals surface area (Å²) >= 11 is 6.06. The van der Waals surface area contributed by atoms with Crippen LogP contribution in [0.5, 0.6) is 0 Å². The molecule has 4 heteroatoms. The average Bonchev–Trinajstić information content (AvgIpc) is 2.36. The maximum atomic E-state index is 11.2. The van der Waals surface area contributed by atoms with Crippen molar-refractivity contribution >= 4 is 29.1 Å². The number of hydrogen-bond donors (Lipinski definition) is 0. The van der Waals surface area contributed by atoms with Crippen molar-refractivity contribution in [3.8, 4) is 0 Å². The lowest BCUT2D eigenvalue weighted by Crippen LogP contribution is -2.38. The first-order valence-corrected chi connectivity index (χ1v) is 9.80. The van der Waals surface area contributed by atoms with Crippen LogP contribution in [-0.2, 0) is 21.3 Å². The van der Waals surface area contributed by atoms with Crippen LogP contribution in [0.3, 0.4) is 0 Å². The Bertz CT molecular complexity index is 500. The highest BCUT2D eigenvalue weighted by atomic mass is 32.4. The van der Waals surface area contributed by atoms with Crippen LogP contribution < -0.4 is 5.30 Å². The minimum atomic E-state index is -1.55. The fraction of sp³-hybridized carbons (Fsp3) is 0.533. The Morgan fingerprint density at radius 3 is 2.53 bits per heavy atom. The summed E-state index contributed by atoms with van der Waals surface area (Å²) in [6, 6.07) is 8.94. The largest absolute Gasteiger partial charge is 0.462 e. The van der Waals surface area contributed by atoms with Crippen LogP contribution in [0.1, 0.15) is 27.2 Å². The Morgan fingerprint density at radius 1 is 1.32 bits per heavy atom. The monoisotopic (exact) mass is 296 g/mol. The summed E-state index contributed by atoms with van der Waals surface area (Å²) in [6.45, 7) is 5.86. The van der Waals surface area contributed by atoms with Crippen LogP contribution in [0.4, 0.5) is 0 Å². The van der Waals surface area contributed by atoms with E-state index in [0.717, 1.165) is 12.6 Å². The Kier molecular flexibility index (Phi) is 4.47. The molecule has 2 rings (SSSR count). The number of carbonyl (C=O) groups excluding carboxylic acids is 1. The molecule has 0 aromatic heterocycles. The number of esters is 1. The van der Waals surface area contributed by atoms with Crippen molar-refractivity contribution in [1.29, 1.82) is 0 Å². The van der Waals surface area contributed by atoms with Gasteiger partial charge in [0.25, 0.3) is 0 Å². The third-order valence-electron chi connectivity index (χ3n) is 3.99. The molecule has 0 unspecified atom stereocenters. The lowest BCUT2D eigenvalue weighted by Gasteiger charge is -2.41. The van der Waals surface area contributed by atoms with Crippen molar-refractivity contribution in [2.24, 2.45) is 5.92 Å². The maximum absolute atomic E-state index is 11.2. The third-order valence-corrected chi connectivity index (χ3v) is 10.1. The van der Waals surface area contributed by atoms with E-state index in [2.05, 4.69) is 38.1 Å². The van der Waals surface area contributed by atoms with Gasteiger partial charge in [0.15, 0.2) is 0 Å². The first-order chi connectivity index (χ1) is 8.93. The molecule has 1 heterocycles. The van der Waals surface area contributed by atoms with Gasteiger partial charge in [-0.25, -0.2) is 0 Å². The van der Waals surface area contributed by atoms with E-state index in [1.54, 1.807) is 0 Å². The molecule has 0 spiro atoms. The van der Waals surface area contributed by atoms with E-state index in [9.17, 15) is 4.79 Å².